The van der Waals surface area contributed by atoms with Crippen LogP contribution in [0, 0.1) is 0 Å². The third-order valence-electron chi connectivity index (χ3n) is 2.03. The molecule has 86 valence electrons. The maximum Gasteiger partial charge on any atom is 0.185 e. The van der Waals surface area contributed by atoms with Crippen LogP contribution in [0.15, 0.2) is 36.4 Å². The van der Waals surface area contributed by atoms with Gasteiger partial charge in [-0.2, -0.15) is 0 Å². The molecule has 0 spiro atoms. The third-order valence-corrected chi connectivity index (χ3v) is 3.55. The molecule has 5 heteroatoms. The van der Waals surface area contributed by atoms with Crippen LogP contribution in [-0.2, 0) is 0 Å². The summed E-state index contributed by atoms with van der Waals surface area (Å²) in [4.78, 5) is 16.3. The summed E-state index contributed by atoms with van der Waals surface area (Å²) in [6.45, 7) is 0. The minimum Gasteiger partial charge on any atom is -0.289 e. The van der Waals surface area contributed by atoms with Crippen LogP contribution >= 0.6 is 34.5 Å². The lowest BCUT2D eigenvalue weighted by Gasteiger charge is -1.93. The van der Waals surface area contributed by atoms with Gasteiger partial charge in [0.25, 0.3) is 0 Å². The average molecular weight is 284 g/mol. The van der Waals surface area contributed by atoms with Crippen molar-refractivity contribution in [2.24, 2.45) is 0 Å². The van der Waals surface area contributed by atoms with Crippen LogP contribution in [0.3, 0.4) is 0 Å². The van der Waals surface area contributed by atoms with Crippen molar-refractivity contribution in [3.8, 4) is 0 Å². The van der Waals surface area contributed by atoms with E-state index in [9.17, 15) is 4.79 Å². The summed E-state index contributed by atoms with van der Waals surface area (Å²) in [6.07, 6.45) is 3.09. The van der Waals surface area contributed by atoms with Gasteiger partial charge in [-0.15, -0.1) is 11.3 Å². The molecule has 2 rings (SSSR count). The molecule has 1 aromatic heterocycles. The highest BCUT2D eigenvalue weighted by molar-refractivity contribution is 7.17. The molecule has 0 fully saturated rings. The molecule has 0 aliphatic rings. The summed E-state index contributed by atoms with van der Waals surface area (Å²) < 4.78 is 0.363. The Kier molecular flexibility index (Phi) is 3.94. The summed E-state index contributed by atoms with van der Waals surface area (Å²) in [5.41, 5.74) is 0.635. The fourth-order valence-electron chi connectivity index (χ4n) is 1.24. The van der Waals surface area contributed by atoms with Crippen LogP contribution < -0.4 is 0 Å². The van der Waals surface area contributed by atoms with Crippen molar-refractivity contribution in [2.75, 3.05) is 0 Å². The first-order chi connectivity index (χ1) is 8.16. The van der Waals surface area contributed by atoms with Crippen LogP contribution in [0.4, 0.5) is 0 Å². The van der Waals surface area contributed by atoms with Crippen LogP contribution in [0.2, 0.25) is 9.62 Å². The Morgan fingerprint density at radius 2 is 1.94 bits per heavy atom. The Morgan fingerprint density at radius 1 is 1.24 bits per heavy atom. The van der Waals surface area contributed by atoms with Crippen molar-refractivity contribution in [1.82, 2.24) is 4.98 Å². The van der Waals surface area contributed by atoms with E-state index in [2.05, 4.69) is 4.98 Å². The molecule has 0 atom stereocenters. The lowest BCUT2D eigenvalue weighted by Crippen LogP contribution is -1.92. The first kappa shape index (κ1) is 12.3. The lowest BCUT2D eigenvalue weighted by molar-refractivity contribution is 0.104. The molecule has 0 radical (unpaired) electrons. The Bertz CT molecular complexity index is 563. The molecular formula is C12H7Cl2NOS. The van der Waals surface area contributed by atoms with Gasteiger partial charge in [-0.05, 0) is 12.2 Å². The number of ketones is 1. The zero-order valence-electron chi connectivity index (χ0n) is 8.56. The molecule has 2 nitrogen and oxygen atoms in total. The predicted molar refractivity (Wildman–Crippen MR) is 71.9 cm³/mol. The number of hydrogen-bond acceptors (Lipinski definition) is 3. The average Bonchev–Trinajstić information content (AvgIpc) is 2.66. The Labute approximate surface area is 113 Å². The van der Waals surface area contributed by atoms with Crippen molar-refractivity contribution >= 4 is 46.4 Å². The number of halogens is 2. The van der Waals surface area contributed by atoms with Gasteiger partial charge in [0.05, 0.1) is 4.88 Å². The van der Waals surface area contributed by atoms with E-state index in [1.54, 1.807) is 18.2 Å². The molecule has 0 aliphatic carbocycles. The minimum absolute atomic E-state index is 0.0776. The number of rotatable bonds is 3. The molecule has 0 bridgehead atoms. The first-order valence-corrected chi connectivity index (χ1v) is 6.33. The molecule has 0 saturated carbocycles. The van der Waals surface area contributed by atoms with E-state index in [0.29, 0.717) is 20.1 Å². The van der Waals surface area contributed by atoms with E-state index >= 15 is 0 Å². The maximum absolute atomic E-state index is 11.8. The number of carbonyl (C=O) groups excluding carboxylic acids is 1. The normalized spacial score (nSPS) is 10.9. The van der Waals surface area contributed by atoms with Crippen LogP contribution in [-0.4, -0.2) is 10.8 Å². The van der Waals surface area contributed by atoms with Gasteiger partial charge in [0.2, 0.25) is 0 Å². The molecule has 17 heavy (non-hydrogen) atoms. The van der Waals surface area contributed by atoms with E-state index in [1.807, 2.05) is 18.2 Å². The number of nitrogens with zero attached hydrogens (tertiary/aromatic N) is 1. The summed E-state index contributed by atoms with van der Waals surface area (Å²) in [5, 5.41) is 0.317. The molecule has 0 unspecified atom stereocenters. The van der Waals surface area contributed by atoms with E-state index < -0.39 is 0 Å². The second-order valence-corrected chi connectivity index (χ2v) is 5.16. The zero-order valence-corrected chi connectivity index (χ0v) is 10.9. The maximum atomic E-state index is 11.8. The number of thiazole rings is 1. The zero-order chi connectivity index (χ0) is 12.3. The highest BCUT2D eigenvalue weighted by atomic mass is 35.5. The summed E-state index contributed by atoms with van der Waals surface area (Å²) in [7, 11) is 0. The molecule has 0 N–H and O–H groups in total. The second-order valence-electron chi connectivity index (χ2n) is 3.19. The molecule has 0 saturated heterocycles. The quantitative estimate of drug-likeness (QED) is 0.619. The van der Waals surface area contributed by atoms with Gasteiger partial charge in [0.1, 0.15) is 5.15 Å². The van der Waals surface area contributed by atoms with Crippen LogP contribution in [0.25, 0.3) is 6.08 Å². The number of allylic oxidation sites excluding steroid dienone is 1. The first-order valence-electron chi connectivity index (χ1n) is 4.76. The molecule has 1 aromatic carbocycles. The van der Waals surface area contributed by atoms with Crippen molar-refractivity contribution in [2.45, 2.75) is 0 Å². The predicted octanol–water partition coefficient (Wildman–Crippen LogP) is 4.35. The Hall–Kier alpha value is -1.16. The van der Waals surface area contributed by atoms with Crippen molar-refractivity contribution in [1.29, 1.82) is 0 Å². The summed E-state index contributed by atoms with van der Waals surface area (Å²) >= 11 is 12.8. The van der Waals surface area contributed by atoms with Gasteiger partial charge >= 0.3 is 0 Å². The standard InChI is InChI=1S/C12H7Cl2NOS/c13-11-10(17-12(14)15-11)7-6-9(16)8-4-2-1-3-5-8/h1-7H. The molecule has 0 aliphatic heterocycles. The van der Waals surface area contributed by atoms with Gasteiger partial charge < -0.3 is 0 Å². The van der Waals surface area contributed by atoms with E-state index in [1.165, 1.54) is 17.4 Å². The van der Waals surface area contributed by atoms with E-state index in [-0.39, 0.29) is 5.78 Å². The Balaban J connectivity index is 2.17. The number of hydrogen-bond donors (Lipinski definition) is 0. The minimum atomic E-state index is -0.0776. The highest BCUT2D eigenvalue weighted by Crippen LogP contribution is 2.27. The molecule has 0 amide bonds. The summed E-state index contributed by atoms with van der Waals surface area (Å²) in [5.74, 6) is -0.0776. The molecule has 2 aromatic rings. The number of benzene rings is 1. The van der Waals surface area contributed by atoms with Crippen LogP contribution in [0.5, 0.6) is 0 Å². The summed E-state index contributed by atoms with van der Waals surface area (Å²) in [6, 6.07) is 9.01. The van der Waals surface area contributed by atoms with Gasteiger partial charge in [0, 0.05) is 5.56 Å². The largest absolute Gasteiger partial charge is 0.289 e. The molecule has 1 heterocycles. The van der Waals surface area contributed by atoms with Crippen molar-refractivity contribution in [3.63, 3.8) is 0 Å². The van der Waals surface area contributed by atoms with E-state index in [0.717, 1.165) is 0 Å². The number of carbonyl (C=O) groups is 1. The highest BCUT2D eigenvalue weighted by Gasteiger charge is 2.05. The topological polar surface area (TPSA) is 30.0 Å². The van der Waals surface area contributed by atoms with Crippen LogP contribution in [0.1, 0.15) is 15.2 Å². The second kappa shape index (κ2) is 5.45. The van der Waals surface area contributed by atoms with Crippen molar-refractivity contribution in [3.05, 3.63) is 56.5 Å². The SMILES string of the molecule is O=C(C=Cc1sc(Cl)nc1Cl)c1ccccc1. The van der Waals surface area contributed by atoms with E-state index in [4.69, 9.17) is 23.2 Å². The van der Waals surface area contributed by atoms with Crippen molar-refractivity contribution < 1.29 is 4.79 Å². The molecular weight excluding hydrogens is 277 g/mol. The van der Waals surface area contributed by atoms with Gasteiger partial charge in [0.15, 0.2) is 10.3 Å². The Morgan fingerprint density at radius 3 is 2.53 bits per heavy atom. The van der Waals surface area contributed by atoms with Gasteiger partial charge in [-0.3, -0.25) is 4.79 Å². The number of aromatic nitrogens is 1. The monoisotopic (exact) mass is 283 g/mol. The third kappa shape index (κ3) is 3.16. The van der Waals surface area contributed by atoms with Gasteiger partial charge in [-0.25, -0.2) is 4.98 Å². The fraction of sp³-hybridized carbons (Fsp3) is 0. The fourth-order valence-corrected chi connectivity index (χ4v) is 2.52. The smallest absolute Gasteiger partial charge is 0.185 e. The van der Waals surface area contributed by atoms with Gasteiger partial charge in [-0.1, -0.05) is 53.5 Å². The lowest BCUT2D eigenvalue weighted by atomic mass is 10.1.